The van der Waals surface area contributed by atoms with E-state index in [4.69, 9.17) is 19.3 Å². The minimum absolute atomic E-state index is 0.0240. The summed E-state index contributed by atoms with van der Waals surface area (Å²) < 4.78 is 16.6. The van der Waals surface area contributed by atoms with Crippen molar-refractivity contribution in [3.63, 3.8) is 0 Å². The molecule has 1 atom stereocenters. The van der Waals surface area contributed by atoms with E-state index in [1.807, 2.05) is 49.4 Å². The molecule has 1 saturated heterocycles. The molecular formula is C33H39N3O4. The van der Waals surface area contributed by atoms with Crippen molar-refractivity contribution in [2.75, 3.05) is 40.5 Å². The van der Waals surface area contributed by atoms with E-state index >= 15 is 0 Å². The van der Waals surface area contributed by atoms with Crippen molar-refractivity contribution in [3.05, 3.63) is 89.5 Å². The summed E-state index contributed by atoms with van der Waals surface area (Å²) in [5.74, 6) is 2.81. The number of likely N-dealkylation sites (tertiary alicyclic amines) is 1. The Balaban J connectivity index is 1.31. The zero-order valence-corrected chi connectivity index (χ0v) is 23.7. The molecule has 5 rings (SSSR count). The Bertz CT molecular complexity index is 1300. The molecule has 40 heavy (non-hydrogen) atoms. The van der Waals surface area contributed by atoms with E-state index in [1.165, 1.54) is 5.56 Å². The summed E-state index contributed by atoms with van der Waals surface area (Å²) in [6, 6.07) is 24.3. The molecule has 2 aliphatic rings. The number of hydrogen-bond donors (Lipinski definition) is 0. The highest BCUT2D eigenvalue weighted by Gasteiger charge is 2.34. The van der Waals surface area contributed by atoms with Crippen LogP contribution in [-0.2, 0) is 11.2 Å². The lowest BCUT2D eigenvalue weighted by atomic mass is 9.90. The molecule has 7 heteroatoms. The Morgan fingerprint density at radius 3 is 2.33 bits per heavy atom. The maximum atomic E-state index is 13.7. The van der Waals surface area contributed by atoms with Gasteiger partial charge in [0, 0.05) is 12.0 Å². The Labute approximate surface area is 237 Å². The molecule has 210 valence electrons. The molecule has 0 saturated carbocycles. The summed E-state index contributed by atoms with van der Waals surface area (Å²) in [5.41, 5.74) is 4.21. The fourth-order valence-corrected chi connectivity index (χ4v) is 5.70. The predicted molar refractivity (Wildman–Crippen MR) is 157 cm³/mol. The monoisotopic (exact) mass is 541 g/mol. The van der Waals surface area contributed by atoms with E-state index in [9.17, 15) is 4.79 Å². The average molecular weight is 542 g/mol. The summed E-state index contributed by atoms with van der Waals surface area (Å²) in [5, 5.41) is 6.58. The van der Waals surface area contributed by atoms with Gasteiger partial charge in [-0.25, -0.2) is 5.01 Å². The largest absolute Gasteiger partial charge is 0.494 e. The molecule has 2 heterocycles. The van der Waals surface area contributed by atoms with Crippen LogP contribution in [0.5, 0.6) is 17.2 Å². The van der Waals surface area contributed by atoms with E-state index in [0.29, 0.717) is 37.0 Å². The first-order valence-electron chi connectivity index (χ1n) is 14.2. The van der Waals surface area contributed by atoms with Crippen molar-refractivity contribution in [3.8, 4) is 17.2 Å². The number of hydrogen-bond acceptors (Lipinski definition) is 6. The first kappa shape index (κ1) is 27.7. The molecule has 1 fully saturated rings. The number of methoxy groups -OCH3 is 2. The fourth-order valence-electron chi connectivity index (χ4n) is 5.70. The smallest absolute Gasteiger partial charge is 0.257 e. The van der Waals surface area contributed by atoms with Gasteiger partial charge in [-0.15, -0.1) is 0 Å². The van der Waals surface area contributed by atoms with Crippen LogP contribution in [-0.4, -0.2) is 62.0 Å². The van der Waals surface area contributed by atoms with E-state index in [2.05, 4.69) is 35.2 Å². The van der Waals surface area contributed by atoms with Gasteiger partial charge in [0.05, 0.1) is 39.1 Å². The van der Waals surface area contributed by atoms with Gasteiger partial charge in [-0.3, -0.25) is 9.69 Å². The van der Waals surface area contributed by atoms with E-state index in [1.54, 1.807) is 19.2 Å². The zero-order valence-electron chi connectivity index (χ0n) is 23.7. The van der Waals surface area contributed by atoms with Crippen LogP contribution in [0, 0.1) is 5.92 Å². The van der Waals surface area contributed by atoms with Gasteiger partial charge in [-0.1, -0.05) is 42.5 Å². The lowest BCUT2D eigenvalue weighted by Gasteiger charge is -2.33. The van der Waals surface area contributed by atoms with Crippen molar-refractivity contribution in [1.29, 1.82) is 0 Å². The van der Waals surface area contributed by atoms with Crippen LogP contribution in [0.1, 0.15) is 48.9 Å². The van der Waals surface area contributed by atoms with E-state index in [0.717, 1.165) is 54.9 Å². The van der Waals surface area contributed by atoms with Crippen molar-refractivity contribution in [1.82, 2.24) is 9.91 Å². The Kier molecular flexibility index (Phi) is 9.01. The normalized spacial score (nSPS) is 17.9. The van der Waals surface area contributed by atoms with Gasteiger partial charge in [-0.2, -0.15) is 5.10 Å². The van der Waals surface area contributed by atoms with Gasteiger partial charge in [0.1, 0.15) is 5.75 Å². The SMILES string of the molecule is CCOc1ccc(C2CC(c3ccc(OC)c(OC)c3)=NN2C(=O)CN2CCC(Cc3ccccc3)CC2)cc1. The van der Waals surface area contributed by atoms with Gasteiger partial charge < -0.3 is 14.2 Å². The highest BCUT2D eigenvalue weighted by Crippen LogP contribution is 2.36. The Hall–Kier alpha value is -3.84. The topological polar surface area (TPSA) is 63.6 Å². The number of piperidine rings is 1. The van der Waals surface area contributed by atoms with Gasteiger partial charge in [0.2, 0.25) is 0 Å². The number of carbonyl (C=O) groups is 1. The third kappa shape index (κ3) is 6.48. The molecule has 3 aromatic rings. The van der Waals surface area contributed by atoms with Gasteiger partial charge in [0.25, 0.3) is 5.91 Å². The van der Waals surface area contributed by atoms with Crippen LogP contribution in [0.25, 0.3) is 0 Å². The minimum Gasteiger partial charge on any atom is -0.494 e. The molecule has 0 bridgehead atoms. The molecule has 0 N–H and O–H groups in total. The highest BCUT2D eigenvalue weighted by molar-refractivity contribution is 6.03. The molecule has 2 aliphatic heterocycles. The predicted octanol–water partition coefficient (Wildman–Crippen LogP) is 5.73. The van der Waals surface area contributed by atoms with Crippen LogP contribution in [0.2, 0.25) is 0 Å². The summed E-state index contributed by atoms with van der Waals surface area (Å²) in [6.45, 7) is 4.81. The molecular weight excluding hydrogens is 502 g/mol. The second-order valence-corrected chi connectivity index (χ2v) is 10.5. The van der Waals surface area contributed by atoms with Crippen molar-refractivity contribution >= 4 is 11.6 Å². The van der Waals surface area contributed by atoms with E-state index < -0.39 is 0 Å². The third-order valence-electron chi connectivity index (χ3n) is 7.89. The van der Waals surface area contributed by atoms with Crippen LogP contribution in [0.15, 0.2) is 77.9 Å². The standard InChI is InChI=1S/C33H39N3O4/c1-4-40-28-13-10-26(11-14-28)30-22-29(27-12-15-31(38-2)32(21-27)39-3)34-36(30)33(37)23-35-18-16-25(17-19-35)20-24-8-6-5-7-9-24/h5-15,21,25,30H,4,16-20,22-23H2,1-3H3. The maximum Gasteiger partial charge on any atom is 0.257 e. The Morgan fingerprint density at radius 1 is 0.925 bits per heavy atom. The Morgan fingerprint density at radius 2 is 1.65 bits per heavy atom. The molecule has 0 aromatic heterocycles. The van der Waals surface area contributed by atoms with Gasteiger partial charge >= 0.3 is 0 Å². The zero-order chi connectivity index (χ0) is 27.9. The summed E-state index contributed by atoms with van der Waals surface area (Å²) >= 11 is 0. The lowest BCUT2D eigenvalue weighted by molar-refractivity contribution is -0.134. The van der Waals surface area contributed by atoms with Crippen molar-refractivity contribution in [2.24, 2.45) is 11.0 Å². The van der Waals surface area contributed by atoms with Crippen LogP contribution in [0.3, 0.4) is 0 Å². The molecule has 3 aromatic carbocycles. The lowest BCUT2D eigenvalue weighted by Crippen LogP contribution is -2.42. The first-order chi connectivity index (χ1) is 19.6. The molecule has 0 spiro atoms. The second kappa shape index (κ2) is 13.0. The van der Waals surface area contributed by atoms with Gasteiger partial charge in [0.15, 0.2) is 11.5 Å². The molecule has 1 unspecified atom stereocenters. The molecule has 0 aliphatic carbocycles. The summed E-state index contributed by atoms with van der Waals surface area (Å²) in [6.07, 6.45) is 3.93. The number of amides is 1. The third-order valence-corrected chi connectivity index (χ3v) is 7.89. The van der Waals surface area contributed by atoms with Crippen LogP contribution in [0.4, 0.5) is 0 Å². The van der Waals surface area contributed by atoms with Crippen LogP contribution < -0.4 is 14.2 Å². The van der Waals surface area contributed by atoms with Gasteiger partial charge in [-0.05, 0) is 86.7 Å². The molecule has 0 radical (unpaired) electrons. The fraction of sp³-hybridized carbons (Fsp3) is 0.394. The molecule has 1 amide bonds. The van der Waals surface area contributed by atoms with Crippen molar-refractivity contribution < 1.29 is 19.0 Å². The summed E-state index contributed by atoms with van der Waals surface area (Å²) in [7, 11) is 3.25. The van der Waals surface area contributed by atoms with E-state index in [-0.39, 0.29) is 11.9 Å². The van der Waals surface area contributed by atoms with Crippen LogP contribution >= 0.6 is 0 Å². The first-order valence-corrected chi connectivity index (χ1v) is 14.2. The summed E-state index contributed by atoms with van der Waals surface area (Å²) in [4.78, 5) is 16.0. The highest BCUT2D eigenvalue weighted by atomic mass is 16.5. The number of rotatable bonds is 10. The minimum atomic E-state index is -0.179. The molecule has 7 nitrogen and oxygen atoms in total. The number of hydrazone groups is 1. The quantitative estimate of drug-likeness (QED) is 0.328. The number of benzene rings is 3. The maximum absolute atomic E-state index is 13.7. The number of ether oxygens (including phenoxy) is 3. The number of nitrogens with zero attached hydrogens (tertiary/aromatic N) is 3. The average Bonchev–Trinajstić information content (AvgIpc) is 3.45. The van der Waals surface area contributed by atoms with Crippen molar-refractivity contribution in [2.45, 2.75) is 38.6 Å². The second-order valence-electron chi connectivity index (χ2n) is 10.5. The number of carbonyl (C=O) groups excluding carboxylic acids is 1.